The van der Waals surface area contributed by atoms with E-state index >= 15 is 0 Å². The Kier molecular flexibility index (Phi) is 6.13. The molecule has 0 aliphatic heterocycles. The van der Waals surface area contributed by atoms with Crippen LogP contribution >= 0.6 is 0 Å². The van der Waals surface area contributed by atoms with E-state index in [4.69, 9.17) is 14.2 Å². The monoisotopic (exact) mass is 395 g/mol. The van der Waals surface area contributed by atoms with Crippen molar-refractivity contribution in [3.63, 3.8) is 0 Å². The minimum atomic E-state index is -0.309. The van der Waals surface area contributed by atoms with E-state index in [0.717, 1.165) is 0 Å². The van der Waals surface area contributed by atoms with Gasteiger partial charge in [-0.25, -0.2) is 5.10 Å². The lowest BCUT2D eigenvalue weighted by atomic mass is 10.1. The SMILES string of the molecule is COc1cc(/C=C/C(=O)NCc2n[nH]c(=O)c3ccccc23)cc(OC)c1OC. The summed E-state index contributed by atoms with van der Waals surface area (Å²) in [6.45, 7) is 0.176. The Balaban J connectivity index is 1.74. The number of H-pyrrole nitrogens is 1. The molecular formula is C21H21N3O5. The number of aromatic amines is 1. The van der Waals surface area contributed by atoms with Crippen molar-refractivity contribution in [1.29, 1.82) is 0 Å². The minimum absolute atomic E-state index is 0.176. The van der Waals surface area contributed by atoms with E-state index < -0.39 is 0 Å². The van der Waals surface area contributed by atoms with Crippen LogP contribution in [0.5, 0.6) is 17.2 Å². The normalized spacial score (nSPS) is 10.9. The van der Waals surface area contributed by atoms with Crippen LogP contribution in [-0.2, 0) is 11.3 Å². The van der Waals surface area contributed by atoms with E-state index in [0.29, 0.717) is 39.3 Å². The molecule has 0 bridgehead atoms. The first-order valence-corrected chi connectivity index (χ1v) is 8.79. The van der Waals surface area contributed by atoms with Gasteiger partial charge in [0.1, 0.15) is 0 Å². The first-order chi connectivity index (χ1) is 14.1. The van der Waals surface area contributed by atoms with Gasteiger partial charge in [-0.15, -0.1) is 0 Å². The molecule has 2 N–H and O–H groups in total. The van der Waals surface area contributed by atoms with Gasteiger partial charge in [-0.2, -0.15) is 5.10 Å². The van der Waals surface area contributed by atoms with Crippen LogP contribution in [0.15, 0.2) is 47.3 Å². The number of nitrogens with zero attached hydrogens (tertiary/aromatic N) is 1. The second-order valence-corrected chi connectivity index (χ2v) is 6.05. The molecule has 0 fully saturated rings. The Morgan fingerprint density at radius 3 is 2.34 bits per heavy atom. The molecule has 3 rings (SSSR count). The quantitative estimate of drug-likeness (QED) is 0.595. The largest absolute Gasteiger partial charge is 0.493 e. The van der Waals surface area contributed by atoms with Crippen LogP contribution < -0.4 is 25.1 Å². The number of hydrogen-bond donors (Lipinski definition) is 2. The van der Waals surface area contributed by atoms with Gasteiger partial charge in [-0.3, -0.25) is 9.59 Å². The summed E-state index contributed by atoms with van der Waals surface area (Å²) in [6, 6.07) is 10.6. The molecule has 0 saturated heterocycles. The maximum absolute atomic E-state index is 12.2. The van der Waals surface area contributed by atoms with Crippen molar-refractivity contribution >= 4 is 22.8 Å². The average molecular weight is 395 g/mol. The highest BCUT2D eigenvalue weighted by atomic mass is 16.5. The predicted octanol–water partition coefficient (Wildman–Crippen LogP) is 2.28. The number of hydrogen-bond acceptors (Lipinski definition) is 6. The lowest BCUT2D eigenvalue weighted by molar-refractivity contribution is -0.116. The van der Waals surface area contributed by atoms with Crippen molar-refractivity contribution in [3.05, 3.63) is 64.1 Å². The standard InChI is InChI=1S/C21H21N3O5/c1-27-17-10-13(11-18(28-2)20(17)29-3)8-9-19(25)22-12-16-14-6-4-5-7-15(14)21(26)24-23-16/h4-11H,12H2,1-3H3,(H,22,25)(H,24,26)/b9-8+. The molecule has 0 aliphatic rings. The molecule has 0 unspecified atom stereocenters. The van der Waals surface area contributed by atoms with E-state index in [1.165, 1.54) is 27.4 Å². The average Bonchev–Trinajstić information content (AvgIpc) is 2.76. The predicted molar refractivity (Wildman–Crippen MR) is 109 cm³/mol. The first kappa shape index (κ1) is 19.9. The third-order valence-corrected chi connectivity index (χ3v) is 4.32. The summed E-state index contributed by atoms with van der Waals surface area (Å²) in [5.74, 6) is 1.16. The molecule has 1 aromatic heterocycles. The van der Waals surface area contributed by atoms with Gasteiger partial charge < -0.3 is 19.5 Å². The summed E-state index contributed by atoms with van der Waals surface area (Å²) < 4.78 is 15.9. The van der Waals surface area contributed by atoms with E-state index in [-0.39, 0.29) is 18.0 Å². The number of benzene rings is 2. The van der Waals surface area contributed by atoms with Gasteiger partial charge >= 0.3 is 0 Å². The Morgan fingerprint density at radius 1 is 1.07 bits per heavy atom. The van der Waals surface area contributed by atoms with Gasteiger partial charge in [0.15, 0.2) is 11.5 Å². The molecule has 8 heteroatoms. The number of fused-ring (bicyclic) bond motifs is 1. The molecule has 29 heavy (non-hydrogen) atoms. The van der Waals surface area contributed by atoms with E-state index in [1.807, 2.05) is 6.07 Å². The molecule has 0 aliphatic carbocycles. The molecule has 1 heterocycles. The third kappa shape index (κ3) is 4.37. The molecule has 8 nitrogen and oxygen atoms in total. The molecular weight excluding hydrogens is 374 g/mol. The van der Waals surface area contributed by atoms with Crippen molar-refractivity contribution in [1.82, 2.24) is 15.5 Å². The third-order valence-electron chi connectivity index (χ3n) is 4.32. The van der Waals surface area contributed by atoms with Gasteiger partial charge in [0.05, 0.1) is 39.0 Å². The van der Waals surface area contributed by atoms with Crippen LogP contribution in [0.25, 0.3) is 16.8 Å². The van der Waals surface area contributed by atoms with Crippen molar-refractivity contribution in [2.24, 2.45) is 0 Å². The lowest BCUT2D eigenvalue weighted by Gasteiger charge is -2.12. The van der Waals surface area contributed by atoms with E-state index in [2.05, 4.69) is 15.5 Å². The lowest BCUT2D eigenvalue weighted by Crippen LogP contribution is -2.22. The second kappa shape index (κ2) is 8.92. The van der Waals surface area contributed by atoms with Crippen LogP contribution in [0.1, 0.15) is 11.3 Å². The number of carbonyl (C=O) groups excluding carboxylic acids is 1. The number of amides is 1. The fraction of sp³-hybridized carbons (Fsp3) is 0.190. The van der Waals surface area contributed by atoms with Crippen molar-refractivity contribution < 1.29 is 19.0 Å². The van der Waals surface area contributed by atoms with Crippen LogP contribution in [0.3, 0.4) is 0 Å². The van der Waals surface area contributed by atoms with Gasteiger partial charge in [-0.05, 0) is 29.8 Å². The van der Waals surface area contributed by atoms with E-state index in [9.17, 15) is 9.59 Å². The molecule has 150 valence electrons. The number of ether oxygens (including phenoxy) is 3. The van der Waals surface area contributed by atoms with Crippen molar-refractivity contribution in [2.75, 3.05) is 21.3 Å². The first-order valence-electron chi connectivity index (χ1n) is 8.79. The summed E-state index contributed by atoms with van der Waals surface area (Å²) in [5, 5.41) is 10.5. The number of nitrogens with one attached hydrogen (secondary N) is 2. The van der Waals surface area contributed by atoms with E-state index in [1.54, 1.807) is 36.4 Å². The van der Waals surface area contributed by atoms with Crippen molar-refractivity contribution in [2.45, 2.75) is 6.54 Å². The zero-order chi connectivity index (χ0) is 20.8. The van der Waals surface area contributed by atoms with Crippen molar-refractivity contribution in [3.8, 4) is 17.2 Å². The summed E-state index contributed by atoms with van der Waals surface area (Å²) in [5.41, 5.74) is 1.02. The van der Waals surface area contributed by atoms with Crippen LogP contribution in [-0.4, -0.2) is 37.4 Å². The summed E-state index contributed by atoms with van der Waals surface area (Å²) in [6.07, 6.45) is 3.03. The highest BCUT2D eigenvalue weighted by Crippen LogP contribution is 2.38. The number of rotatable bonds is 7. The van der Waals surface area contributed by atoms with Crippen LogP contribution in [0.2, 0.25) is 0 Å². The summed E-state index contributed by atoms with van der Waals surface area (Å²) >= 11 is 0. The van der Waals surface area contributed by atoms with Gasteiger partial charge in [0.2, 0.25) is 11.7 Å². The highest BCUT2D eigenvalue weighted by molar-refractivity contribution is 5.92. The maximum Gasteiger partial charge on any atom is 0.272 e. The van der Waals surface area contributed by atoms with Crippen LogP contribution in [0, 0.1) is 0 Å². The fourth-order valence-electron chi connectivity index (χ4n) is 2.91. The second-order valence-electron chi connectivity index (χ2n) is 6.05. The summed E-state index contributed by atoms with van der Waals surface area (Å²) in [4.78, 5) is 24.1. The van der Waals surface area contributed by atoms with Gasteiger partial charge in [0.25, 0.3) is 5.56 Å². The molecule has 2 aromatic carbocycles. The minimum Gasteiger partial charge on any atom is -0.493 e. The molecule has 3 aromatic rings. The number of aromatic nitrogens is 2. The molecule has 1 amide bonds. The fourth-order valence-corrected chi connectivity index (χ4v) is 2.91. The topological polar surface area (TPSA) is 103 Å². The molecule has 0 atom stereocenters. The summed E-state index contributed by atoms with van der Waals surface area (Å²) in [7, 11) is 4.58. The zero-order valence-corrected chi connectivity index (χ0v) is 16.3. The maximum atomic E-state index is 12.2. The molecule has 0 radical (unpaired) electrons. The Morgan fingerprint density at radius 2 is 1.72 bits per heavy atom. The Bertz CT molecular complexity index is 1100. The molecule has 0 saturated carbocycles. The highest BCUT2D eigenvalue weighted by Gasteiger charge is 2.12. The number of methoxy groups -OCH3 is 3. The van der Waals surface area contributed by atoms with Gasteiger partial charge in [0, 0.05) is 11.5 Å². The Hall–Kier alpha value is -3.81. The number of carbonyl (C=O) groups is 1. The Labute approximate surface area is 167 Å². The zero-order valence-electron chi connectivity index (χ0n) is 16.3. The van der Waals surface area contributed by atoms with Gasteiger partial charge in [-0.1, -0.05) is 18.2 Å². The smallest absolute Gasteiger partial charge is 0.272 e. The molecule has 0 spiro atoms. The van der Waals surface area contributed by atoms with Crippen LogP contribution in [0.4, 0.5) is 0 Å².